The summed E-state index contributed by atoms with van der Waals surface area (Å²) in [6.45, 7) is 1.89. The van der Waals surface area contributed by atoms with Gasteiger partial charge >= 0.3 is 0 Å². The number of carboxylic acids is 1. The second-order valence-electron chi connectivity index (χ2n) is 7.02. The maximum Gasteiger partial charge on any atom is 0.244 e. The van der Waals surface area contributed by atoms with Crippen LogP contribution in [0.3, 0.4) is 0 Å². The zero-order valence-corrected chi connectivity index (χ0v) is 14.5. The molecule has 2 heterocycles. The number of imide groups is 1. The van der Waals surface area contributed by atoms with Gasteiger partial charge in [-0.25, -0.2) is 4.90 Å². The van der Waals surface area contributed by atoms with Crippen LogP contribution in [0.2, 0.25) is 0 Å². The first-order chi connectivity index (χ1) is 12.9. The normalized spacial score (nSPS) is 27.1. The molecule has 2 saturated heterocycles. The van der Waals surface area contributed by atoms with Crippen molar-refractivity contribution in [3.8, 4) is 5.75 Å². The van der Waals surface area contributed by atoms with Crippen molar-refractivity contribution in [3.05, 3.63) is 59.7 Å². The maximum atomic E-state index is 13.1. The Morgan fingerprint density at radius 1 is 1.04 bits per heavy atom. The lowest BCUT2D eigenvalue weighted by Gasteiger charge is -2.21. The third-order valence-electron chi connectivity index (χ3n) is 5.45. The lowest BCUT2D eigenvalue weighted by atomic mass is 9.86. The number of nitrogens with two attached hydrogens (primary N) is 1. The minimum atomic E-state index is -1.39. The zero-order valence-electron chi connectivity index (χ0n) is 14.5. The topological polar surface area (TPSA) is 114 Å². The van der Waals surface area contributed by atoms with E-state index in [1.54, 1.807) is 42.5 Å². The standard InChI is InChI=1S/C20H18N2O5/c1-10-6-8-11(9-7-10)22-18(24)14-15(19(22)25)17(20(26)27)21-16(14)12-4-2-3-5-13(12)23/h2-9,14-17,21,23H,1H3,(H,26,27)/t14-,15+,16-,17-/m0/s1. The number of carboxylic acid groups (broad SMARTS) is 1. The fraction of sp³-hybridized carbons (Fsp3) is 0.250. The Hall–Kier alpha value is -3.19. The molecule has 0 aliphatic carbocycles. The quantitative estimate of drug-likeness (QED) is 0.694. The van der Waals surface area contributed by atoms with Crippen LogP contribution in [-0.4, -0.2) is 28.9 Å². The number of benzene rings is 2. The number of phenolic OH excluding ortho intramolecular Hbond substituents is 1. The van der Waals surface area contributed by atoms with Crippen LogP contribution in [0, 0.1) is 18.8 Å². The fourth-order valence-corrected chi connectivity index (χ4v) is 4.17. The Kier molecular flexibility index (Phi) is 3.96. The molecule has 0 spiro atoms. The average Bonchev–Trinajstić information content (AvgIpc) is 3.14. The molecule has 3 N–H and O–H groups in total. The van der Waals surface area contributed by atoms with E-state index in [9.17, 15) is 24.6 Å². The van der Waals surface area contributed by atoms with Crippen LogP contribution in [0.25, 0.3) is 0 Å². The van der Waals surface area contributed by atoms with Crippen LogP contribution < -0.4 is 15.3 Å². The molecule has 0 saturated carbocycles. The molecule has 7 nitrogen and oxygen atoms in total. The molecule has 2 aliphatic heterocycles. The maximum absolute atomic E-state index is 13.1. The number of quaternary nitrogens is 1. The second-order valence-corrected chi connectivity index (χ2v) is 7.02. The highest BCUT2D eigenvalue weighted by Crippen LogP contribution is 2.43. The molecular weight excluding hydrogens is 348 g/mol. The average molecular weight is 366 g/mol. The highest BCUT2D eigenvalue weighted by Gasteiger charge is 2.63. The molecule has 7 heteroatoms. The summed E-state index contributed by atoms with van der Waals surface area (Å²) in [4.78, 5) is 38.8. The molecule has 138 valence electrons. The lowest BCUT2D eigenvalue weighted by Crippen LogP contribution is -2.92. The van der Waals surface area contributed by atoms with Gasteiger partial charge in [-0.2, -0.15) is 0 Å². The first kappa shape index (κ1) is 17.2. The molecule has 4 atom stereocenters. The van der Waals surface area contributed by atoms with E-state index in [1.807, 2.05) is 6.92 Å². The lowest BCUT2D eigenvalue weighted by molar-refractivity contribution is -0.705. The number of aromatic hydroxyl groups is 1. The number of nitrogens with zero attached hydrogens (tertiary/aromatic N) is 1. The SMILES string of the molecule is Cc1ccc(N2C(=O)[C@@H]3[C@H](C2=O)[C@H](c2ccccc2O)[NH2+][C@@H]3C(=O)[O-])cc1. The van der Waals surface area contributed by atoms with Crippen LogP contribution in [0.1, 0.15) is 17.2 Å². The number of anilines is 1. The van der Waals surface area contributed by atoms with Gasteiger partial charge in [0.25, 0.3) is 0 Å². The van der Waals surface area contributed by atoms with Gasteiger partial charge in [0.1, 0.15) is 35.6 Å². The van der Waals surface area contributed by atoms with Gasteiger partial charge in [-0.15, -0.1) is 0 Å². The van der Waals surface area contributed by atoms with Crippen molar-refractivity contribution in [1.29, 1.82) is 0 Å². The number of hydrogen-bond donors (Lipinski definition) is 2. The van der Waals surface area contributed by atoms with Crippen LogP contribution in [0.4, 0.5) is 5.69 Å². The Morgan fingerprint density at radius 2 is 1.67 bits per heavy atom. The van der Waals surface area contributed by atoms with Crippen molar-refractivity contribution in [2.24, 2.45) is 11.8 Å². The number of fused-ring (bicyclic) bond motifs is 1. The van der Waals surface area contributed by atoms with E-state index < -0.39 is 41.7 Å². The molecule has 0 radical (unpaired) electrons. The first-order valence-electron chi connectivity index (χ1n) is 8.68. The van der Waals surface area contributed by atoms with Gasteiger partial charge in [-0.3, -0.25) is 9.59 Å². The van der Waals surface area contributed by atoms with E-state index in [4.69, 9.17) is 0 Å². The predicted octanol–water partition coefficient (Wildman–Crippen LogP) is -0.757. The number of hydrogen-bond acceptors (Lipinski definition) is 5. The Morgan fingerprint density at radius 3 is 2.30 bits per heavy atom. The molecule has 2 fully saturated rings. The third kappa shape index (κ3) is 2.59. The molecule has 27 heavy (non-hydrogen) atoms. The third-order valence-corrected chi connectivity index (χ3v) is 5.45. The van der Waals surface area contributed by atoms with Gasteiger partial charge in [0, 0.05) is 0 Å². The predicted molar refractivity (Wildman–Crippen MR) is 92.2 cm³/mol. The number of rotatable bonds is 3. The van der Waals surface area contributed by atoms with E-state index in [0.717, 1.165) is 10.5 Å². The van der Waals surface area contributed by atoms with Crippen molar-refractivity contribution in [1.82, 2.24) is 0 Å². The van der Waals surface area contributed by atoms with Crippen molar-refractivity contribution >= 4 is 23.5 Å². The molecule has 2 aromatic rings. The van der Waals surface area contributed by atoms with E-state index in [-0.39, 0.29) is 5.75 Å². The van der Waals surface area contributed by atoms with E-state index in [1.165, 1.54) is 11.4 Å². The molecule has 0 unspecified atom stereocenters. The molecule has 2 amide bonds. The molecule has 4 rings (SSSR count). The molecule has 0 bridgehead atoms. The minimum Gasteiger partial charge on any atom is -0.544 e. The second kappa shape index (κ2) is 6.21. The fourth-order valence-electron chi connectivity index (χ4n) is 4.17. The van der Waals surface area contributed by atoms with Crippen LogP contribution >= 0.6 is 0 Å². The summed E-state index contributed by atoms with van der Waals surface area (Å²) in [5.41, 5.74) is 1.83. The van der Waals surface area contributed by atoms with Gasteiger partial charge < -0.3 is 20.3 Å². The number of amides is 2. The first-order valence-corrected chi connectivity index (χ1v) is 8.68. The molecular formula is C20H18N2O5. The van der Waals surface area contributed by atoms with E-state index in [2.05, 4.69) is 0 Å². The molecule has 2 aliphatic rings. The smallest absolute Gasteiger partial charge is 0.244 e. The summed E-state index contributed by atoms with van der Waals surface area (Å²) in [6, 6.07) is 11.5. The van der Waals surface area contributed by atoms with Crippen molar-refractivity contribution < 1.29 is 29.9 Å². The van der Waals surface area contributed by atoms with Gasteiger partial charge in [-0.05, 0) is 31.2 Å². The van der Waals surface area contributed by atoms with Crippen molar-refractivity contribution in [3.63, 3.8) is 0 Å². The van der Waals surface area contributed by atoms with Gasteiger partial charge in [0.05, 0.1) is 11.3 Å². The largest absolute Gasteiger partial charge is 0.544 e. The highest BCUT2D eigenvalue weighted by atomic mass is 16.4. The Balaban J connectivity index is 1.79. The summed E-state index contributed by atoms with van der Waals surface area (Å²) in [5.74, 6) is -4.34. The van der Waals surface area contributed by atoms with E-state index in [0.29, 0.717) is 11.3 Å². The van der Waals surface area contributed by atoms with Crippen molar-refractivity contribution in [2.75, 3.05) is 4.90 Å². The number of carbonyl (C=O) groups excluding carboxylic acids is 3. The molecule has 2 aromatic carbocycles. The summed E-state index contributed by atoms with van der Waals surface area (Å²) in [7, 11) is 0. The number of aliphatic carboxylic acids is 1. The zero-order chi connectivity index (χ0) is 19.3. The van der Waals surface area contributed by atoms with E-state index >= 15 is 0 Å². The number of aryl methyl sites for hydroxylation is 1. The number of phenols is 1. The number of para-hydroxylation sites is 1. The minimum absolute atomic E-state index is 0.0365. The van der Waals surface area contributed by atoms with Gasteiger partial charge in [0.2, 0.25) is 11.8 Å². The summed E-state index contributed by atoms with van der Waals surface area (Å²) >= 11 is 0. The highest BCUT2D eigenvalue weighted by molar-refractivity contribution is 6.23. The number of carbonyl (C=O) groups is 3. The monoisotopic (exact) mass is 366 g/mol. The summed E-state index contributed by atoms with van der Waals surface area (Å²) in [5, 5.41) is 23.3. The van der Waals surface area contributed by atoms with Gasteiger partial charge in [-0.1, -0.05) is 29.8 Å². The molecule has 0 aromatic heterocycles. The summed E-state index contributed by atoms with van der Waals surface area (Å²) < 4.78 is 0. The summed E-state index contributed by atoms with van der Waals surface area (Å²) in [6.07, 6.45) is 0. The van der Waals surface area contributed by atoms with Crippen molar-refractivity contribution in [2.45, 2.75) is 19.0 Å². The van der Waals surface area contributed by atoms with Crippen LogP contribution in [-0.2, 0) is 14.4 Å². The van der Waals surface area contributed by atoms with Gasteiger partial charge in [0.15, 0.2) is 0 Å². The van der Waals surface area contributed by atoms with Crippen LogP contribution in [0.15, 0.2) is 48.5 Å². The Bertz CT molecular complexity index is 940. The Labute approximate surface area is 155 Å². The van der Waals surface area contributed by atoms with Crippen LogP contribution in [0.5, 0.6) is 5.75 Å².